The molecule has 1 unspecified atom stereocenters. The first-order valence-corrected chi connectivity index (χ1v) is 8.50. The van der Waals surface area contributed by atoms with Gasteiger partial charge in [-0.1, -0.05) is 30.3 Å². The predicted molar refractivity (Wildman–Crippen MR) is 100 cm³/mol. The number of benzene rings is 2. The van der Waals surface area contributed by atoms with Gasteiger partial charge in [-0.05, 0) is 46.4 Å². The summed E-state index contributed by atoms with van der Waals surface area (Å²) in [7, 11) is 0. The number of rotatable bonds is 5. The van der Waals surface area contributed by atoms with Gasteiger partial charge in [0.1, 0.15) is 5.54 Å². The molecule has 4 rings (SSSR count). The maximum absolute atomic E-state index is 11.5. The molecule has 2 aromatic rings. The van der Waals surface area contributed by atoms with E-state index in [9.17, 15) is 19.2 Å². The summed E-state index contributed by atoms with van der Waals surface area (Å²) >= 11 is 0. The maximum atomic E-state index is 11.5. The van der Waals surface area contributed by atoms with E-state index in [4.69, 9.17) is 0 Å². The van der Waals surface area contributed by atoms with Crippen LogP contribution >= 0.6 is 0 Å². The molecule has 2 aliphatic carbocycles. The average molecular weight is 382 g/mol. The standard InChI is InChI=1S/C21H10N4O4/c26-9-22-19-3-1-2-17-14(19)6-7-16-13-4-5-15(20(23-10-27)24-11-28)18(8-13)21(16,17)25-12-29/h1-5,7-8,20H,6H2. The van der Waals surface area contributed by atoms with Gasteiger partial charge in [-0.15, -0.1) is 0 Å². The summed E-state index contributed by atoms with van der Waals surface area (Å²) in [5, 5.41) is 0. The number of fused-ring (bicyclic) bond motifs is 7. The lowest BCUT2D eigenvalue weighted by Crippen LogP contribution is -2.29. The molecule has 0 radical (unpaired) electrons. The monoisotopic (exact) mass is 382 g/mol. The van der Waals surface area contributed by atoms with E-state index in [1.54, 1.807) is 42.5 Å². The van der Waals surface area contributed by atoms with Crippen LogP contribution in [0.5, 0.6) is 0 Å². The van der Waals surface area contributed by atoms with E-state index in [1.807, 2.05) is 6.08 Å². The highest BCUT2D eigenvalue weighted by Crippen LogP contribution is 2.56. The van der Waals surface area contributed by atoms with Crippen LogP contribution in [0, 0.1) is 0 Å². The normalized spacial score (nSPS) is 18.4. The van der Waals surface area contributed by atoms with E-state index in [0.29, 0.717) is 34.4 Å². The summed E-state index contributed by atoms with van der Waals surface area (Å²) in [4.78, 5) is 59.1. The summed E-state index contributed by atoms with van der Waals surface area (Å²) in [5.74, 6) is 0. The van der Waals surface area contributed by atoms with Crippen LogP contribution in [0.4, 0.5) is 5.69 Å². The number of hydrogen-bond acceptors (Lipinski definition) is 8. The second-order valence-corrected chi connectivity index (χ2v) is 6.36. The van der Waals surface area contributed by atoms with Crippen molar-refractivity contribution in [1.82, 2.24) is 0 Å². The molecule has 0 saturated carbocycles. The highest BCUT2D eigenvalue weighted by Gasteiger charge is 2.49. The van der Waals surface area contributed by atoms with Crippen LogP contribution in [0.2, 0.25) is 0 Å². The van der Waals surface area contributed by atoms with Crippen molar-refractivity contribution in [3.63, 3.8) is 0 Å². The molecule has 29 heavy (non-hydrogen) atoms. The van der Waals surface area contributed by atoms with E-state index in [0.717, 1.165) is 11.1 Å². The summed E-state index contributed by atoms with van der Waals surface area (Å²) in [5.41, 5.74) is 3.01. The Balaban J connectivity index is 2.08. The minimum Gasteiger partial charge on any atom is -0.211 e. The van der Waals surface area contributed by atoms with Crippen molar-refractivity contribution in [2.45, 2.75) is 18.1 Å². The molecular formula is C21H10N4O4. The van der Waals surface area contributed by atoms with Crippen LogP contribution in [0.1, 0.15) is 34.0 Å². The molecule has 0 aromatic heterocycles. The quantitative estimate of drug-likeness (QED) is 0.583. The SMILES string of the molecule is O=C=Nc1cccc2c1CC=C1c3ccc(C(N=C=O)N=C=O)c(c3)C12N=C=O. The number of allylic oxidation sites excluding steroid dienone is 1. The zero-order chi connectivity index (χ0) is 20.4. The molecule has 0 spiro atoms. The molecule has 0 aliphatic heterocycles. The van der Waals surface area contributed by atoms with Crippen LogP contribution in [-0.4, -0.2) is 24.3 Å². The Kier molecular flexibility index (Phi) is 4.38. The Labute approximate surface area is 163 Å². The lowest BCUT2D eigenvalue weighted by atomic mass is 9.73. The Bertz CT molecular complexity index is 1250. The number of carbonyl (C=O) groups excluding carboxylic acids is 4. The van der Waals surface area contributed by atoms with Crippen molar-refractivity contribution in [2.75, 3.05) is 0 Å². The molecule has 138 valence electrons. The van der Waals surface area contributed by atoms with Gasteiger partial charge < -0.3 is 0 Å². The molecule has 2 bridgehead atoms. The Morgan fingerprint density at radius 2 is 1.69 bits per heavy atom. The molecule has 1 atom stereocenters. The number of aliphatic imine (C=N–C) groups is 4. The summed E-state index contributed by atoms with van der Waals surface area (Å²) < 4.78 is 0. The van der Waals surface area contributed by atoms with E-state index in [-0.39, 0.29) is 0 Å². The van der Waals surface area contributed by atoms with E-state index < -0.39 is 11.7 Å². The predicted octanol–water partition coefficient (Wildman–Crippen LogP) is 2.86. The van der Waals surface area contributed by atoms with Crippen LogP contribution < -0.4 is 0 Å². The Morgan fingerprint density at radius 1 is 0.897 bits per heavy atom. The third kappa shape index (κ3) is 2.51. The molecule has 8 heteroatoms. The van der Waals surface area contributed by atoms with Gasteiger partial charge in [-0.25, -0.2) is 19.2 Å². The van der Waals surface area contributed by atoms with Crippen LogP contribution in [0.15, 0.2) is 62.4 Å². The van der Waals surface area contributed by atoms with Gasteiger partial charge in [0, 0.05) is 5.56 Å². The van der Waals surface area contributed by atoms with Crippen molar-refractivity contribution < 1.29 is 19.2 Å². The number of isocyanates is 4. The first kappa shape index (κ1) is 18.1. The van der Waals surface area contributed by atoms with Crippen molar-refractivity contribution in [2.24, 2.45) is 20.0 Å². The lowest BCUT2D eigenvalue weighted by Gasteiger charge is -2.33. The third-order valence-electron chi connectivity index (χ3n) is 5.20. The van der Waals surface area contributed by atoms with Crippen molar-refractivity contribution in [3.05, 3.63) is 70.3 Å². The van der Waals surface area contributed by atoms with Gasteiger partial charge in [0.05, 0.1) is 5.69 Å². The Morgan fingerprint density at radius 3 is 2.38 bits per heavy atom. The van der Waals surface area contributed by atoms with Crippen molar-refractivity contribution in [3.8, 4) is 0 Å². The molecule has 0 fully saturated rings. The van der Waals surface area contributed by atoms with Gasteiger partial charge >= 0.3 is 0 Å². The zero-order valence-electron chi connectivity index (χ0n) is 14.7. The molecular weight excluding hydrogens is 372 g/mol. The minimum absolute atomic E-state index is 0.403. The van der Waals surface area contributed by atoms with Crippen LogP contribution in [-0.2, 0) is 31.1 Å². The topological polar surface area (TPSA) is 118 Å². The first-order chi connectivity index (χ1) is 14.2. The highest BCUT2D eigenvalue weighted by molar-refractivity contribution is 5.89. The molecule has 0 amide bonds. The molecule has 0 saturated heterocycles. The van der Waals surface area contributed by atoms with Gasteiger partial charge in [-0.3, -0.25) is 0 Å². The van der Waals surface area contributed by atoms with E-state index in [2.05, 4.69) is 20.0 Å². The van der Waals surface area contributed by atoms with Gasteiger partial charge in [-0.2, -0.15) is 20.0 Å². The second kappa shape index (κ2) is 7.02. The number of hydrogen-bond donors (Lipinski definition) is 0. The smallest absolute Gasteiger partial charge is 0.211 e. The van der Waals surface area contributed by atoms with Crippen molar-refractivity contribution >= 4 is 35.6 Å². The zero-order valence-corrected chi connectivity index (χ0v) is 14.7. The van der Waals surface area contributed by atoms with Gasteiger partial charge in [0.15, 0.2) is 6.17 Å². The largest absolute Gasteiger partial charge is 0.240 e. The average Bonchev–Trinajstić information content (AvgIpc) is 2.98. The molecule has 0 heterocycles. The highest BCUT2D eigenvalue weighted by atomic mass is 16.1. The summed E-state index contributed by atoms with van der Waals surface area (Å²) in [6.45, 7) is 0. The van der Waals surface area contributed by atoms with Crippen LogP contribution in [0.3, 0.4) is 0 Å². The molecule has 0 N–H and O–H groups in total. The Hall–Kier alpha value is -4.30. The van der Waals surface area contributed by atoms with E-state index >= 15 is 0 Å². The van der Waals surface area contributed by atoms with E-state index in [1.165, 1.54) is 18.2 Å². The lowest BCUT2D eigenvalue weighted by molar-refractivity contribution is 0.547. The third-order valence-corrected chi connectivity index (χ3v) is 5.20. The molecule has 2 aliphatic rings. The fourth-order valence-corrected chi connectivity index (χ4v) is 4.18. The van der Waals surface area contributed by atoms with Gasteiger partial charge in [0.2, 0.25) is 24.3 Å². The number of nitrogens with zero attached hydrogens (tertiary/aromatic N) is 4. The van der Waals surface area contributed by atoms with Crippen molar-refractivity contribution in [1.29, 1.82) is 0 Å². The summed E-state index contributed by atoms with van der Waals surface area (Å²) in [6, 6.07) is 10.4. The minimum atomic E-state index is -1.27. The fourth-order valence-electron chi connectivity index (χ4n) is 4.18. The second-order valence-electron chi connectivity index (χ2n) is 6.36. The molecule has 2 aromatic carbocycles. The fraction of sp³-hybridized carbons (Fsp3) is 0.143. The first-order valence-electron chi connectivity index (χ1n) is 8.50. The van der Waals surface area contributed by atoms with Crippen LogP contribution in [0.25, 0.3) is 5.57 Å². The van der Waals surface area contributed by atoms with Gasteiger partial charge in [0.25, 0.3) is 0 Å². The summed E-state index contributed by atoms with van der Waals surface area (Å²) in [6.07, 6.45) is 7.19. The molecule has 8 nitrogen and oxygen atoms in total. The maximum Gasteiger partial charge on any atom is 0.240 e.